The minimum absolute atomic E-state index is 0.00546. The van der Waals surface area contributed by atoms with Crippen LogP contribution in [0.25, 0.3) is 0 Å². The maximum absolute atomic E-state index is 7.89. The molecule has 4 N–H and O–H groups in total. The Hall–Kier alpha value is -1.89. The lowest BCUT2D eigenvalue weighted by atomic mass is 10.3. The normalized spacial score (nSPS) is 12.8. The van der Waals surface area contributed by atoms with Crippen LogP contribution < -0.4 is 16.2 Å². The lowest BCUT2D eigenvalue weighted by Crippen LogP contribution is -2.03. The minimum atomic E-state index is -2.15. The van der Waals surface area contributed by atoms with Crippen molar-refractivity contribution in [3.63, 3.8) is 0 Å². The van der Waals surface area contributed by atoms with Gasteiger partial charge in [0.25, 0.3) is 5.88 Å². The van der Waals surface area contributed by atoms with Crippen molar-refractivity contribution in [1.29, 1.82) is 0 Å². The summed E-state index contributed by atoms with van der Waals surface area (Å²) in [5.74, 6) is 0.0853. The Kier molecular flexibility index (Phi) is 2.68. The highest BCUT2D eigenvalue weighted by Gasteiger charge is 2.05. The van der Waals surface area contributed by atoms with E-state index >= 15 is 0 Å². The number of aromatic nitrogens is 3. The second-order valence-electron chi connectivity index (χ2n) is 3.06. The van der Waals surface area contributed by atoms with Crippen LogP contribution in [0.15, 0.2) is 29.1 Å². The molecule has 0 atom stereocenters. The van der Waals surface area contributed by atoms with Gasteiger partial charge in [-0.25, -0.2) is 15.0 Å². The van der Waals surface area contributed by atoms with Crippen molar-refractivity contribution in [3.05, 3.63) is 34.7 Å². The molecule has 0 saturated heterocycles. The minimum Gasteiger partial charge on any atom is -0.470 e. The van der Waals surface area contributed by atoms with Crippen LogP contribution in [0, 0.1) is 0 Å². The van der Waals surface area contributed by atoms with E-state index in [0.29, 0.717) is 4.60 Å². The first-order chi connectivity index (χ1) is 8.88. The molecule has 0 aromatic carbocycles. The Bertz CT molecular complexity index is 610. The fraction of sp³-hybridized carbons (Fsp3) is 0.100. The molecule has 17 heavy (non-hydrogen) atoms. The molecular formula is C10H10BrN5O. The Balaban J connectivity index is 2.33. The van der Waals surface area contributed by atoms with E-state index in [4.69, 9.17) is 18.9 Å². The van der Waals surface area contributed by atoms with Crippen molar-refractivity contribution < 1.29 is 7.48 Å². The lowest BCUT2D eigenvalue weighted by molar-refractivity contribution is 0.294. The summed E-state index contributed by atoms with van der Waals surface area (Å²) in [4.78, 5) is 11.5. The number of ether oxygens (including phenoxy) is 1. The Morgan fingerprint density at radius 2 is 2.24 bits per heavy atom. The van der Waals surface area contributed by atoms with Crippen molar-refractivity contribution in [2.24, 2.45) is 0 Å². The molecule has 0 bridgehead atoms. The smallest absolute Gasteiger partial charge is 0.258 e. The summed E-state index contributed by atoms with van der Waals surface area (Å²) >= 11 is 3.11. The van der Waals surface area contributed by atoms with E-state index in [0.717, 1.165) is 0 Å². The van der Waals surface area contributed by atoms with Gasteiger partial charge in [0, 0.05) is 6.20 Å². The van der Waals surface area contributed by atoms with E-state index < -0.39 is 6.56 Å². The summed E-state index contributed by atoms with van der Waals surface area (Å²) in [5.41, 5.74) is 11.3. The molecule has 88 valence electrons. The van der Waals surface area contributed by atoms with E-state index in [2.05, 4.69) is 30.9 Å². The third-order valence-corrected chi connectivity index (χ3v) is 2.17. The van der Waals surface area contributed by atoms with Crippen molar-refractivity contribution >= 4 is 27.6 Å². The van der Waals surface area contributed by atoms with Gasteiger partial charge in [0.2, 0.25) is 0 Å². The summed E-state index contributed by atoms with van der Waals surface area (Å²) in [7, 11) is 0. The zero-order valence-electron chi connectivity index (χ0n) is 10.6. The van der Waals surface area contributed by atoms with Gasteiger partial charge >= 0.3 is 0 Å². The Morgan fingerprint density at radius 3 is 3.00 bits per heavy atom. The van der Waals surface area contributed by atoms with E-state index in [1.807, 2.05) is 0 Å². The van der Waals surface area contributed by atoms with Crippen LogP contribution in [-0.2, 0) is 6.56 Å². The predicted octanol–water partition coefficient (Wildman–Crippen LogP) is 1.38. The molecular weight excluding hydrogens is 286 g/mol. The number of nitrogen functional groups attached to an aromatic ring is 2. The van der Waals surface area contributed by atoms with Gasteiger partial charge in [-0.15, -0.1) is 0 Å². The topological polar surface area (TPSA) is 99.9 Å². The summed E-state index contributed by atoms with van der Waals surface area (Å²) in [6.07, 6.45) is 2.78. The molecule has 0 saturated carbocycles. The molecule has 2 aromatic heterocycles. The molecule has 2 aromatic rings. The number of halogens is 1. The zero-order chi connectivity index (χ0) is 14.0. The van der Waals surface area contributed by atoms with E-state index in [-0.39, 0.29) is 23.1 Å². The molecule has 0 aliphatic rings. The third-order valence-electron chi connectivity index (χ3n) is 1.78. The van der Waals surface area contributed by atoms with Gasteiger partial charge < -0.3 is 16.2 Å². The summed E-state index contributed by atoms with van der Waals surface area (Å²) in [6, 6.07) is 2.83. The number of hydrogen-bond donors (Lipinski definition) is 2. The molecule has 0 amide bonds. The lowest BCUT2D eigenvalue weighted by Gasteiger charge is -2.07. The highest BCUT2D eigenvalue weighted by atomic mass is 79.9. The monoisotopic (exact) mass is 297 g/mol. The van der Waals surface area contributed by atoms with Gasteiger partial charge in [0.05, 0.1) is 8.94 Å². The zero-order valence-corrected chi connectivity index (χ0v) is 10.2. The Labute approximate surface area is 109 Å². The first kappa shape index (κ1) is 9.17. The van der Waals surface area contributed by atoms with E-state index in [9.17, 15) is 0 Å². The fourth-order valence-corrected chi connectivity index (χ4v) is 1.32. The number of anilines is 2. The average molecular weight is 298 g/mol. The molecule has 0 aliphatic carbocycles. The molecule has 2 heterocycles. The average Bonchev–Trinajstić information content (AvgIpc) is 2.33. The summed E-state index contributed by atoms with van der Waals surface area (Å²) < 4.78 is 21.3. The molecule has 0 unspecified atom stereocenters. The molecule has 0 spiro atoms. The molecule has 0 fully saturated rings. The number of pyridine rings is 1. The number of hydrogen-bond acceptors (Lipinski definition) is 6. The van der Waals surface area contributed by atoms with Crippen LogP contribution in [0.1, 0.15) is 8.30 Å². The number of rotatable bonds is 3. The van der Waals surface area contributed by atoms with Crippen molar-refractivity contribution in [2.75, 3.05) is 11.5 Å². The van der Waals surface area contributed by atoms with Crippen molar-refractivity contribution in [2.45, 2.75) is 6.56 Å². The van der Waals surface area contributed by atoms with Gasteiger partial charge in [0.1, 0.15) is 17.0 Å². The molecule has 0 aliphatic heterocycles. The fourth-order valence-electron chi connectivity index (χ4n) is 1.06. The highest BCUT2D eigenvalue weighted by Crippen LogP contribution is 2.19. The second kappa shape index (κ2) is 4.96. The van der Waals surface area contributed by atoms with Gasteiger partial charge in [-0.3, -0.25) is 0 Å². The second-order valence-corrected chi connectivity index (χ2v) is 3.87. The molecule has 2 rings (SSSR count). The molecule has 6 nitrogen and oxygen atoms in total. The third kappa shape index (κ3) is 3.04. The van der Waals surface area contributed by atoms with Gasteiger partial charge in [0.15, 0.2) is 5.82 Å². The molecule has 0 radical (unpaired) electrons. The SMILES string of the molecule is [2H]C([2H])(Oc1nc(Br)cnc1N)c1ccnc(N)c1. The van der Waals surface area contributed by atoms with Crippen LogP contribution in [0.4, 0.5) is 11.6 Å². The quantitative estimate of drug-likeness (QED) is 0.888. The van der Waals surface area contributed by atoms with Crippen LogP contribution in [0.5, 0.6) is 5.88 Å². The standard InChI is InChI=1S/C10H10BrN5O/c11-7-4-15-9(13)10(16-7)17-5-6-1-2-14-8(12)3-6/h1-4H,5H2,(H2,12,14)(H2,13,15)/i5D2. The number of nitrogens with two attached hydrogens (primary N) is 2. The van der Waals surface area contributed by atoms with Crippen LogP contribution >= 0.6 is 15.9 Å². The van der Waals surface area contributed by atoms with Crippen molar-refractivity contribution in [1.82, 2.24) is 15.0 Å². The first-order valence-corrected chi connectivity index (χ1v) is 5.37. The maximum Gasteiger partial charge on any atom is 0.258 e. The maximum atomic E-state index is 7.89. The van der Waals surface area contributed by atoms with Crippen LogP contribution in [0.3, 0.4) is 0 Å². The predicted molar refractivity (Wildman–Crippen MR) is 67.1 cm³/mol. The van der Waals surface area contributed by atoms with Crippen LogP contribution in [-0.4, -0.2) is 15.0 Å². The summed E-state index contributed by atoms with van der Waals surface area (Å²) in [5, 5.41) is 0. The van der Waals surface area contributed by atoms with Gasteiger partial charge in [-0.1, -0.05) is 0 Å². The van der Waals surface area contributed by atoms with Crippen molar-refractivity contribution in [3.8, 4) is 5.88 Å². The van der Waals surface area contributed by atoms with Gasteiger partial charge in [-0.2, -0.15) is 0 Å². The summed E-state index contributed by atoms with van der Waals surface area (Å²) in [6.45, 7) is -2.15. The molecule has 7 heteroatoms. The van der Waals surface area contributed by atoms with Gasteiger partial charge in [-0.05, 0) is 33.6 Å². The van der Waals surface area contributed by atoms with E-state index in [1.165, 1.54) is 24.5 Å². The Morgan fingerprint density at radius 1 is 1.41 bits per heavy atom. The highest BCUT2D eigenvalue weighted by molar-refractivity contribution is 9.10. The first-order valence-electron chi connectivity index (χ1n) is 5.57. The van der Waals surface area contributed by atoms with Crippen LogP contribution in [0.2, 0.25) is 0 Å². The van der Waals surface area contributed by atoms with E-state index in [1.54, 1.807) is 0 Å². The largest absolute Gasteiger partial charge is 0.470 e. The number of nitrogens with zero attached hydrogens (tertiary/aromatic N) is 3.